The highest BCUT2D eigenvalue weighted by molar-refractivity contribution is 4.11. The van der Waals surface area contributed by atoms with Crippen molar-refractivity contribution in [1.82, 2.24) is 0 Å². The third-order valence-electron chi connectivity index (χ3n) is 1.09. The monoisotopic (exact) mass is 126 g/mol. The molecule has 0 fully saturated rings. The Labute approximate surface area is 54.8 Å². The summed E-state index contributed by atoms with van der Waals surface area (Å²) in [5, 5.41) is 0. The van der Waals surface area contributed by atoms with E-state index < -0.39 is 0 Å². The lowest BCUT2D eigenvalue weighted by atomic mass is 10.9. The Hall–Kier alpha value is -0.990. The molecule has 48 valence electrons. The van der Waals surface area contributed by atoms with Crippen LogP contribution in [0.15, 0.2) is 19.0 Å². The third kappa shape index (κ3) is 1.45. The summed E-state index contributed by atoms with van der Waals surface area (Å²) in [7, 11) is 6.00. The Kier molecular flexibility index (Phi) is 1.42. The molecular formula is C6H12N3+3. The summed E-state index contributed by atoms with van der Waals surface area (Å²) in [4.78, 5) is 0. The van der Waals surface area contributed by atoms with Gasteiger partial charge in [-0.05, 0) is 0 Å². The Morgan fingerprint density at radius 1 is 0.667 bits per heavy atom. The van der Waals surface area contributed by atoms with Crippen molar-refractivity contribution in [2.24, 2.45) is 21.1 Å². The molecule has 0 spiro atoms. The first kappa shape index (κ1) is 6.13. The molecule has 0 aromatic carbocycles. The predicted molar refractivity (Wildman–Crippen MR) is 30.0 cm³/mol. The highest BCUT2D eigenvalue weighted by Gasteiger charge is 2.06. The minimum atomic E-state index is 2.00. The molecule has 3 heteroatoms. The molecule has 0 unspecified atom stereocenters. The summed E-state index contributed by atoms with van der Waals surface area (Å²) in [6.07, 6.45) is 6.00. The van der Waals surface area contributed by atoms with Crippen molar-refractivity contribution in [2.45, 2.75) is 0 Å². The van der Waals surface area contributed by atoms with E-state index in [9.17, 15) is 0 Å². The highest BCUT2D eigenvalue weighted by atomic mass is 15.2. The summed E-state index contributed by atoms with van der Waals surface area (Å²) in [6.45, 7) is 0. The second-order valence-corrected chi connectivity index (χ2v) is 2.34. The van der Waals surface area contributed by atoms with Crippen LogP contribution in [0.1, 0.15) is 0 Å². The molecule has 1 heterocycles. The van der Waals surface area contributed by atoms with Gasteiger partial charge in [-0.1, -0.05) is 13.7 Å². The van der Waals surface area contributed by atoms with Crippen molar-refractivity contribution in [3.8, 4) is 0 Å². The second kappa shape index (κ2) is 2.09. The van der Waals surface area contributed by atoms with Gasteiger partial charge in [-0.15, -0.1) is 0 Å². The molecule has 0 radical (unpaired) electrons. The fourth-order valence-electron chi connectivity index (χ4n) is 0.951. The smallest absolute Gasteiger partial charge is 0.0949 e. The molecule has 3 nitrogen and oxygen atoms in total. The van der Waals surface area contributed by atoms with Crippen molar-refractivity contribution >= 4 is 0 Å². The van der Waals surface area contributed by atoms with Gasteiger partial charge in [0, 0.05) is 0 Å². The average molecular weight is 126 g/mol. The molecule has 0 aliphatic heterocycles. The number of hydrogen-bond acceptors (Lipinski definition) is 0. The molecule has 0 bridgehead atoms. The Morgan fingerprint density at radius 3 is 1.11 bits per heavy atom. The first-order valence-corrected chi connectivity index (χ1v) is 2.89. The number of aryl methyl sites for hydroxylation is 3. The van der Waals surface area contributed by atoms with Crippen molar-refractivity contribution in [2.75, 3.05) is 0 Å². The number of rotatable bonds is 0. The predicted octanol–water partition coefficient (Wildman–Crippen LogP) is -1.84. The molecule has 1 rings (SSSR count). The molecule has 1 aromatic rings. The van der Waals surface area contributed by atoms with Crippen LogP contribution in [0.3, 0.4) is 0 Å². The van der Waals surface area contributed by atoms with E-state index in [1.54, 1.807) is 0 Å². The molecule has 0 N–H and O–H groups in total. The van der Waals surface area contributed by atoms with Crippen LogP contribution in [0.5, 0.6) is 0 Å². The van der Waals surface area contributed by atoms with Crippen LogP contribution in [0.2, 0.25) is 0 Å². The molecule has 0 atom stereocenters. The first-order valence-electron chi connectivity index (χ1n) is 2.89. The average Bonchev–Trinajstić information content (AvgIpc) is 1.59. The zero-order chi connectivity index (χ0) is 6.85. The van der Waals surface area contributed by atoms with E-state index in [0.29, 0.717) is 0 Å². The largest absolute Gasteiger partial charge is 0.416 e. The van der Waals surface area contributed by atoms with Crippen LogP contribution in [-0.2, 0) is 21.1 Å². The summed E-state index contributed by atoms with van der Waals surface area (Å²) in [6, 6.07) is 0. The number of aromatic nitrogens is 3. The zero-order valence-electron chi connectivity index (χ0n) is 6.07. The van der Waals surface area contributed by atoms with Crippen molar-refractivity contribution < 1.29 is 13.7 Å². The summed E-state index contributed by atoms with van der Waals surface area (Å²) < 4.78 is 6.00. The van der Waals surface area contributed by atoms with E-state index in [2.05, 4.69) is 0 Å². The topological polar surface area (TPSA) is 11.6 Å². The van der Waals surface area contributed by atoms with Crippen LogP contribution in [0.4, 0.5) is 0 Å². The van der Waals surface area contributed by atoms with Gasteiger partial charge in [0.25, 0.3) is 0 Å². The van der Waals surface area contributed by atoms with Gasteiger partial charge >= 0.3 is 19.0 Å². The lowest BCUT2D eigenvalue weighted by molar-refractivity contribution is -0.923. The molecule has 0 saturated carbocycles. The summed E-state index contributed by atoms with van der Waals surface area (Å²) in [5.74, 6) is 0. The highest BCUT2D eigenvalue weighted by Crippen LogP contribution is 1.50. The van der Waals surface area contributed by atoms with Crippen LogP contribution >= 0.6 is 0 Å². The van der Waals surface area contributed by atoms with Gasteiger partial charge in [-0.3, -0.25) is 0 Å². The van der Waals surface area contributed by atoms with Crippen molar-refractivity contribution in [3.63, 3.8) is 0 Å². The van der Waals surface area contributed by atoms with Crippen LogP contribution in [0.25, 0.3) is 0 Å². The zero-order valence-corrected chi connectivity index (χ0v) is 6.07. The number of nitrogens with zero attached hydrogens (tertiary/aromatic N) is 3. The maximum absolute atomic E-state index is 2.00. The lowest BCUT2D eigenvalue weighted by Crippen LogP contribution is -2.53. The van der Waals surface area contributed by atoms with Crippen molar-refractivity contribution in [3.05, 3.63) is 19.0 Å². The van der Waals surface area contributed by atoms with E-state index in [-0.39, 0.29) is 0 Å². The van der Waals surface area contributed by atoms with E-state index in [4.69, 9.17) is 0 Å². The Bertz CT molecular complexity index is 169. The molecule has 0 aliphatic rings. The van der Waals surface area contributed by atoms with Gasteiger partial charge in [0.15, 0.2) is 21.1 Å². The quantitative estimate of drug-likeness (QED) is 0.362. The standard InChI is InChI=1S/C6H12N3/c1-7-4-8(2)6-9(3)5-7/h4-6H,1-3H3/q+3. The molecule has 9 heavy (non-hydrogen) atoms. The SMILES string of the molecule is C[n+]1c[n+](C)c[n+](C)c1. The fourth-order valence-corrected chi connectivity index (χ4v) is 0.951. The Morgan fingerprint density at radius 2 is 0.889 bits per heavy atom. The number of hydrogen-bond donors (Lipinski definition) is 0. The molecular weight excluding hydrogens is 114 g/mol. The first-order chi connectivity index (χ1) is 4.18. The fraction of sp³-hybridized carbons (Fsp3) is 0.500. The van der Waals surface area contributed by atoms with Crippen LogP contribution in [-0.4, -0.2) is 0 Å². The third-order valence-corrected chi connectivity index (χ3v) is 1.09. The maximum atomic E-state index is 2.00. The van der Waals surface area contributed by atoms with Gasteiger partial charge in [-0.2, -0.15) is 0 Å². The summed E-state index contributed by atoms with van der Waals surface area (Å²) in [5.41, 5.74) is 0. The van der Waals surface area contributed by atoms with Crippen LogP contribution in [0, 0.1) is 0 Å². The van der Waals surface area contributed by atoms with E-state index in [1.165, 1.54) is 0 Å². The molecule has 0 amide bonds. The molecule has 0 saturated heterocycles. The Balaban J connectivity index is 3.17. The normalized spacial score (nSPS) is 9.67. The van der Waals surface area contributed by atoms with Crippen LogP contribution < -0.4 is 13.7 Å². The minimum absolute atomic E-state index is 2.00. The van der Waals surface area contributed by atoms with Gasteiger partial charge in [0.1, 0.15) is 0 Å². The second-order valence-electron chi connectivity index (χ2n) is 2.34. The van der Waals surface area contributed by atoms with Gasteiger partial charge in [0.05, 0.1) is 0 Å². The minimum Gasteiger partial charge on any atom is -0.0949 e. The van der Waals surface area contributed by atoms with Gasteiger partial charge in [0.2, 0.25) is 0 Å². The van der Waals surface area contributed by atoms with Gasteiger partial charge in [-0.25, -0.2) is 0 Å². The lowest BCUT2D eigenvalue weighted by Gasteiger charge is -1.80. The summed E-state index contributed by atoms with van der Waals surface area (Å²) >= 11 is 0. The molecule has 0 aliphatic carbocycles. The maximum Gasteiger partial charge on any atom is 0.416 e. The van der Waals surface area contributed by atoms with E-state index in [1.807, 2.05) is 53.8 Å². The molecule has 1 aromatic heterocycles. The van der Waals surface area contributed by atoms with Gasteiger partial charge < -0.3 is 0 Å². The van der Waals surface area contributed by atoms with E-state index >= 15 is 0 Å². The van der Waals surface area contributed by atoms with Crippen molar-refractivity contribution in [1.29, 1.82) is 0 Å². The van der Waals surface area contributed by atoms with E-state index in [0.717, 1.165) is 0 Å².